The first-order valence-electron chi connectivity index (χ1n) is 9.46. The van der Waals surface area contributed by atoms with Crippen molar-refractivity contribution < 1.29 is 9.90 Å². The molecule has 0 fully saturated rings. The predicted octanol–water partition coefficient (Wildman–Crippen LogP) is 5.22. The predicted molar refractivity (Wildman–Crippen MR) is 121 cm³/mol. The first kappa shape index (κ1) is 19.8. The Morgan fingerprint density at radius 2 is 1.77 bits per heavy atom. The number of carboxylic acid groups (broad SMARTS) is 1. The molecule has 4 rings (SSSR count). The Morgan fingerprint density at radius 1 is 1.03 bits per heavy atom. The van der Waals surface area contributed by atoms with Crippen LogP contribution in [-0.2, 0) is 0 Å². The third-order valence-corrected chi connectivity index (χ3v) is 5.97. The number of rotatable bonds is 4. The smallest absolute Gasteiger partial charge is 0.348 e. The van der Waals surface area contributed by atoms with Crippen LogP contribution in [0.25, 0.3) is 28.4 Å². The molecule has 0 saturated carbocycles. The molecule has 0 radical (unpaired) electrons. The Morgan fingerprint density at radius 3 is 2.43 bits per heavy atom. The molecule has 6 heteroatoms. The molecule has 150 valence electrons. The normalized spacial score (nSPS) is 11.4. The Kier molecular flexibility index (Phi) is 5.10. The molecule has 0 aliphatic carbocycles. The second-order valence-corrected chi connectivity index (χ2v) is 8.22. The molecule has 1 N–H and O–H groups in total. The van der Waals surface area contributed by atoms with Gasteiger partial charge in [0.05, 0.1) is 11.4 Å². The van der Waals surface area contributed by atoms with E-state index in [1.54, 1.807) is 13.0 Å². The molecular formula is C24H20N2O3S. The summed E-state index contributed by atoms with van der Waals surface area (Å²) in [5.74, 6) is -1.07. The summed E-state index contributed by atoms with van der Waals surface area (Å²) in [4.78, 5) is 30.2. The minimum absolute atomic E-state index is 0.0997. The molecule has 2 aromatic heterocycles. The van der Waals surface area contributed by atoms with E-state index in [0.29, 0.717) is 27.5 Å². The van der Waals surface area contributed by atoms with E-state index < -0.39 is 5.97 Å². The zero-order valence-corrected chi connectivity index (χ0v) is 17.7. The van der Waals surface area contributed by atoms with Crippen LogP contribution in [0, 0.1) is 20.8 Å². The lowest BCUT2D eigenvalue weighted by Gasteiger charge is -2.06. The fourth-order valence-corrected chi connectivity index (χ4v) is 4.32. The molecule has 0 aliphatic heterocycles. The van der Waals surface area contributed by atoms with Crippen molar-refractivity contribution in [2.75, 3.05) is 0 Å². The van der Waals surface area contributed by atoms with Crippen molar-refractivity contribution in [3.63, 3.8) is 0 Å². The standard InChI is InChI=1S/C24H20N2O3S/c1-14-7-10-18(11-8-14)20-21(23(28)29)30-24-25-19(16(3)22(27)26(20)24)12-9-17-6-4-5-15(2)13-17/h4-13H,1-3H3,(H,28,29). The summed E-state index contributed by atoms with van der Waals surface area (Å²) in [6.07, 6.45) is 3.71. The van der Waals surface area contributed by atoms with Crippen molar-refractivity contribution in [3.8, 4) is 11.3 Å². The summed E-state index contributed by atoms with van der Waals surface area (Å²) in [5, 5.41) is 9.74. The second-order valence-electron chi connectivity index (χ2n) is 7.24. The van der Waals surface area contributed by atoms with Gasteiger partial charge in [-0.1, -0.05) is 77.1 Å². The lowest BCUT2D eigenvalue weighted by molar-refractivity contribution is 0.0702. The van der Waals surface area contributed by atoms with E-state index in [4.69, 9.17) is 0 Å². The van der Waals surface area contributed by atoms with Gasteiger partial charge in [-0.3, -0.25) is 4.79 Å². The Bertz CT molecular complexity index is 1360. The van der Waals surface area contributed by atoms with Crippen molar-refractivity contribution in [1.82, 2.24) is 9.38 Å². The summed E-state index contributed by atoms with van der Waals surface area (Å²) in [6, 6.07) is 15.5. The van der Waals surface area contributed by atoms with Gasteiger partial charge in [0.2, 0.25) is 0 Å². The molecule has 0 spiro atoms. The number of fused-ring (bicyclic) bond motifs is 1. The molecule has 4 aromatic rings. The second kappa shape index (κ2) is 7.72. The molecule has 0 unspecified atom stereocenters. The number of hydrogen-bond acceptors (Lipinski definition) is 4. The van der Waals surface area contributed by atoms with Crippen LogP contribution in [0.4, 0.5) is 0 Å². The SMILES string of the molecule is Cc1ccc(-c2c(C(=O)O)sc3nc(C=Cc4cccc(C)c4)c(C)c(=O)n23)cc1. The first-order chi connectivity index (χ1) is 14.3. The van der Waals surface area contributed by atoms with Gasteiger partial charge in [0, 0.05) is 11.1 Å². The quantitative estimate of drug-likeness (QED) is 0.495. The molecule has 5 nitrogen and oxygen atoms in total. The van der Waals surface area contributed by atoms with Gasteiger partial charge in [0.1, 0.15) is 4.88 Å². The monoisotopic (exact) mass is 416 g/mol. The van der Waals surface area contributed by atoms with Crippen LogP contribution in [0.15, 0.2) is 53.3 Å². The molecule has 0 bridgehead atoms. The third-order valence-electron chi connectivity index (χ3n) is 4.94. The van der Waals surface area contributed by atoms with Crippen LogP contribution >= 0.6 is 11.3 Å². The lowest BCUT2D eigenvalue weighted by atomic mass is 10.1. The van der Waals surface area contributed by atoms with Gasteiger partial charge in [0.25, 0.3) is 5.56 Å². The van der Waals surface area contributed by atoms with Gasteiger partial charge >= 0.3 is 5.97 Å². The average molecular weight is 417 g/mol. The number of aromatic carboxylic acids is 1. The van der Waals surface area contributed by atoms with E-state index in [1.165, 1.54) is 4.40 Å². The fraction of sp³-hybridized carbons (Fsp3) is 0.125. The first-order valence-corrected chi connectivity index (χ1v) is 10.3. The average Bonchev–Trinajstić information content (AvgIpc) is 3.10. The molecule has 0 aliphatic rings. The highest BCUT2D eigenvalue weighted by Gasteiger charge is 2.23. The van der Waals surface area contributed by atoms with Crippen LogP contribution in [-0.4, -0.2) is 20.5 Å². The number of benzene rings is 2. The maximum atomic E-state index is 13.2. The highest BCUT2D eigenvalue weighted by molar-refractivity contribution is 7.19. The summed E-state index contributed by atoms with van der Waals surface area (Å²) < 4.78 is 1.41. The van der Waals surface area contributed by atoms with Gasteiger partial charge in [-0.25, -0.2) is 14.2 Å². The lowest BCUT2D eigenvalue weighted by Crippen LogP contribution is -2.19. The van der Waals surface area contributed by atoms with E-state index in [0.717, 1.165) is 28.0 Å². The Balaban J connectivity index is 1.92. The highest BCUT2D eigenvalue weighted by atomic mass is 32.1. The van der Waals surface area contributed by atoms with Gasteiger partial charge in [0.15, 0.2) is 4.96 Å². The zero-order chi connectivity index (χ0) is 21.4. The van der Waals surface area contributed by atoms with Crippen LogP contribution in [0.3, 0.4) is 0 Å². The number of hydrogen-bond donors (Lipinski definition) is 1. The van der Waals surface area contributed by atoms with Gasteiger partial charge in [-0.05, 0) is 32.4 Å². The number of aromatic nitrogens is 2. The van der Waals surface area contributed by atoms with E-state index in [-0.39, 0.29) is 10.4 Å². The van der Waals surface area contributed by atoms with Crippen LogP contribution in [0.1, 0.15) is 37.6 Å². The molecule has 0 amide bonds. The molecular weight excluding hydrogens is 396 g/mol. The van der Waals surface area contributed by atoms with Crippen LogP contribution in [0.5, 0.6) is 0 Å². The summed E-state index contributed by atoms with van der Waals surface area (Å²) in [7, 11) is 0. The summed E-state index contributed by atoms with van der Waals surface area (Å²) in [6.45, 7) is 5.69. The van der Waals surface area contributed by atoms with Crippen molar-refractivity contribution in [3.05, 3.63) is 91.7 Å². The maximum Gasteiger partial charge on any atom is 0.348 e. The van der Waals surface area contributed by atoms with Gasteiger partial charge in [-0.15, -0.1) is 0 Å². The van der Waals surface area contributed by atoms with Crippen molar-refractivity contribution >= 4 is 34.4 Å². The van der Waals surface area contributed by atoms with Crippen molar-refractivity contribution in [2.45, 2.75) is 20.8 Å². The minimum Gasteiger partial charge on any atom is -0.477 e. The van der Waals surface area contributed by atoms with E-state index in [2.05, 4.69) is 4.98 Å². The van der Waals surface area contributed by atoms with Gasteiger partial charge < -0.3 is 5.11 Å². The zero-order valence-electron chi connectivity index (χ0n) is 16.8. The molecule has 30 heavy (non-hydrogen) atoms. The summed E-state index contributed by atoms with van der Waals surface area (Å²) >= 11 is 1.01. The molecule has 2 heterocycles. The fourth-order valence-electron chi connectivity index (χ4n) is 3.34. The molecule has 2 aromatic carbocycles. The van der Waals surface area contributed by atoms with Gasteiger partial charge in [-0.2, -0.15) is 0 Å². The van der Waals surface area contributed by atoms with E-state index in [1.807, 2.05) is 68.5 Å². The third kappa shape index (κ3) is 3.57. The Labute approximate surface area is 177 Å². The molecule has 0 atom stereocenters. The Hall–Kier alpha value is -3.51. The largest absolute Gasteiger partial charge is 0.477 e. The van der Waals surface area contributed by atoms with Crippen LogP contribution < -0.4 is 5.56 Å². The summed E-state index contributed by atoms with van der Waals surface area (Å²) in [5.41, 5.74) is 5.00. The topological polar surface area (TPSA) is 71.7 Å². The van der Waals surface area contributed by atoms with E-state index >= 15 is 0 Å². The van der Waals surface area contributed by atoms with Crippen molar-refractivity contribution in [2.24, 2.45) is 0 Å². The van der Waals surface area contributed by atoms with Crippen LogP contribution in [0.2, 0.25) is 0 Å². The van der Waals surface area contributed by atoms with Crippen molar-refractivity contribution in [1.29, 1.82) is 0 Å². The minimum atomic E-state index is -1.07. The maximum absolute atomic E-state index is 13.2. The number of aryl methyl sites for hydroxylation is 2. The highest BCUT2D eigenvalue weighted by Crippen LogP contribution is 2.31. The number of carboxylic acids is 1. The van der Waals surface area contributed by atoms with E-state index in [9.17, 15) is 14.7 Å². The number of thiazole rings is 1. The number of nitrogens with zero attached hydrogens (tertiary/aromatic N) is 2. The molecule has 0 saturated heterocycles. The number of carbonyl (C=O) groups is 1.